The quantitative estimate of drug-likeness (QED) is 0.748. The molecule has 1 unspecified atom stereocenters. The first-order chi connectivity index (χ1) is 6.81. The van der Waals surface area contributed by atoms with E-state index in [1.165, 1.54) is 23.4 Å². The fourth-order valence-electron chi connectivity index (χ4n) is 2.11. The Bertz CT molecular complexity index is 316. The zero-order valence-corrected chi connectivity index (χ0v) is 9.66. The summed E-state index contributed by atoms with van der Waals surface area (Å²) in [5.41, 5.74) is 2.98. The van der Waals surface area contributed by atoms with Gasteiger partial charge < -0.3 is 5.32 Å². The van der Waals surface area contributed by atoms with Crippen molar-refractivity contribution in [3.05, 3.63) is 29.3 Å². The molecule has 1 nitrogen and oxygen atoms in total. The van der Waals surface area contributed by atoms with Crippen molar-refractivity contribution in [3.63, 3.8) is 0 Å². The van der Waals surface area contributed by atoms with Crippen LogP contribution >= 0.6 is 11.8 Å². The van der Waals surface area contributed by atoms with Gasteiger partial charge in [-0.15, -0.1) is 11.8 Å². The molecule has 0 bridgehead atoms. The van der Waals surface area contributed by atoms with E-state index in [0.717, 1.165) is 12.5 Å². The fourth-order valence-corrected chi connectivity index (χ4v) is 2.55. The molecule has 1 aromatic rings. The van der Waals surface area contributed by atoms with Gasteiger partial charge in [0.05, 0.1) is 0 Å². The molecular formula is C12H17NS. The summed E-state index contributed by atoms with van der Waals surface area (Å²) >= 11 is 1.83. The van der Waals surface area contributed by atoms with Gasteiger partial charge in [0.2, 0.25) is 0 Å². The van der Waals surface area contributed by atoms with Crippen molar-refractivity contribution in [1.82, 2.24) is 5.32 Å². The average Bonchev–Trinajstić information content (AvgIpc) is 2.71. The predicted octanol–water partition coefficient (Wildman–Crippen LogP) is 2.79. The maximum Gasteiger partial charge on any atom is 0.00721 e. The molecule has 1 heterocycles. The summed E-state index contributed by atoms with van der Waals surface area (Å²) in [6.07, 6.45) is 3.43. The van der Waals surface area contributed by atoms with Gasteiger partial charge >= 0.3 is 0 Å². The molecule has 1 fully saturated rings. The van der Waals surface area contributed by atoms with Gasteiger partial charge in [-0.2, -0.15) is 0 Å². The Labute approximate surface area is 90.3 Å². The molecule has 1 N–H and O–H groups in total. The lowest BCUT2D eigenvalue weighted by Gasteiger charge is -2.13. The van der Waals surface area contributed by atoms with Crippen LogP contribution in [0.1, 0.15) is 23.5 Å². The third-order valence-electron chi connectivity index (χ3n) is 2.99. The molecular weight excluding hydrogens is 190 g/mol. The number of thioether (sulfide) groups is 1. The highest BCUT2D eigenvalue weighted by atomic mass is 32.2. The van der Waals surface area contributed by atoms with Crippen molar-refractivity contribution in [3.8, 4) is 0 Å². The van der Waals surface area contributed by atoms with Gasteiger partial charge in [-0.05, 0) is 55.3 Å². The maximum absolute atomic E-state index is 3.43. The highest BCUT2D eigenvalue weighted by Gasteiger charge is 2.18. The molecule has 0 spiro atoms. The zero-order valence-electron chi connectivity index (χ0n) is 8.84. The van der Waals surface area contributed by atoms with Crippen LogP contribution in [0.15, 0.2) is 23.1 Å². The Kier molecular flexibility index (Phi) is 3.14. The molecule has 0 amide bonds. The monoisotopic (exact) mass is 207 g/mol. The van der Waals surface area contributed by atoms with Crippen LogP contribution in [-0.2, 0) is 0 Å². The molecule has 0 aromatic heterocycles. The standard InChI is InChI=1S/C12H17NS/c1-9-3-4-11(14-2)7-12(9)10-5-6-13-8-10/h3-4,7,10,13H,5-6,8H2,1-2H3. The van der Waals surface area contributed by atoms with E-state index in [1.54, 1.807) is 5.56 Å². The Hall–Kier alpha value is -0.470. The summed E-state index contributed by atoms with van der Waals surface area (Å²) in [6, 6.07) is 6.82. The van der Waals surface area contributed by atoms with Crippen molar-refractivity contribution in [1.29, 1.82) is 0 Å². The Balaban J connectivity index is 2.29. The number of hydrogen-bond acceptors (Lipinski definition) is 2. The number of rotatable bonds is 2. The van der Waals surface area contributed by atoms with Crippen LogP contribution in [0, 0.1) is 6.92 Å². The topological polar surface area (TPSA) is 12.0 Å². The molecule has 1 atom stereocenters. The van der Waals surface area contributed by atoms with Crippen molar-refractivity contribution < 1.29 is 0 Å². The summed E-state index contributed by atoms with van der Waals surface area (Å²) in [4.78, 5) is 1.39. The van der Waals surface area contributed by atoms with E-state index in [0.29, 0.717) is 0 Å². The number of hydrogen-bond donors (Lipinski definition) is 1. The van der Waals surface area contributed by atoms with E-state index in [1.807, 2.05) is 11.8 Å². The van der Waals surface area contributed by atoms with E-state index < -0.39 is 0 Å². The first-order valence-corrected chi connectivity index (χ1v) is 6.39. The van der Waals surface area contributed by atoms with Crippen LogP contribution in [0.5, 0.6) is 0 Å². The fraction of sp³-hybridized carbons (Fsp3) is 0.500. The SMILES string of the molecule is CSc1ccc(C)c(C2CCNC2)c1. The molecule has 1 aliphatic rings. The van der Waals surface area contributed by atoms with E-state index in [9.17, 15) is 0 Å². The summed E-state index contributed by atoms with van der Waals surface area (Å²) in [5, 5.41) is 3.43. The van der Waals surface area contributed by atoms with Crippen LogP contribution in [-0.4, -0.2) is 19.3 Å². The second-order valence-corrected chi connectivity index (χ2v) is 4.79. The van der Waals surface area contributed by atoms with E-state index in [-0.39, 0.29) is 0 Å². The molecule has 0 saturated carbocycles. The normalized spacial score (nSPS) is 21.4. The molecule has 14 heavy (non-hydrogen) atoms. The smallest absolute Gasteiger partial charge is 0.00721 e. The third kappa shape index (κ3) is 1.96. The highest BCUT2D eigenvalue weighted by Crippen LogP contribution is 2.28. The Morgan fingerprint density at radius 1 is 1.43 bits per heavy atom. The Morgan fingerprint density at radius 2 is 2.29 bits per heavy atom. The minimum absolute atomic E-state index is 0.738. The lowest BCUT2D eigenvalue weighted by Crippen LogP contribution is -2.08. The minimum atomic E-state index is 0.738. The maximum atomic E-state index is 3.43. The largest absolute Gasteiger partial charge is 0.316 e. The van der Waals surface area contributed by atoms with Crippen LogP contribution in [0.2, 0.25) is 0 Å². The molecule has 0 aliphatic carbocycles. The van der Waals surface area contributed by atoms with Crippen molar-refractivity contribution in [2.75, 3.05) is 19.3 Å². The lowest BCUT2D eigenvalue weighted by atomic mass is 9.94. The molecule has 0 radical (unpaired) electrons. The number of benzene rings is 1. The molecule has 1 saturated heterocycles. The van der Waals surface area contributed by atoms with Gasteiger partial charge in [-0.3, -0.25) is 0 Å². The molecule has 76 valence electrons. The van der Waals surface area contributed by atoms with Gasteiger partial charge in [0.1, 0.15) is 0 Å². The van der Waals surface area contributed by atoms with E-state index in [2.05, 4.69) is 36.7 Å². The molecule has 1 aromatic carbocycles. The third-order valence-corrected chi connectivity index (χ3v) is 3.71. The summed E-state index contributed by atoms with van der Waals surface area (Å²) in [6.45, 7) is 4.55. The molecule has 2 heteroatoms. The summed E-state index contributed by atoms with van der Waals surface area (Å²) in [7, 11) is 0. The van der Waals surface area contributed by atoms with E-state index in [4.69, 9.17) is 0 Å². The zero-order chi connectivity index (χ0) is 9.97. The van der Waals surface area contributed by atoms with Crippen molar-refractivity contribution >= 4 is 11.8 Å². The van der Waals surface area contributed by atoms with Gasteiger partial charge in [0.25, 0.3) is 0 Å². The second kappa shape index (κ2) is 4.37. The molecule has 2 rings (SSSR count). The Morgan fingerprint density at radius 3 is 2.93 bits per heavy atom. The van der Waals surface area contributed by atoms with Crippen molar-refractivity contribution in [2.24, 2.45) is 0 Å². The first kappa shape index (κ1) is 10.1. The second-order valence-electron chi connectivity index (χ2n) is 3.91. The number of nitrogens with one attached hydrogen (secondary N) is 1. The summed E-state index contributed by atoms with van der Waals surface area (Å²) < 4.78 is 0. The van der Waals surface area contributed by atoms with Gasteiger partial charge in [0.15, 0.2) is 0 Å². The van der Waals surface area contributed by atoms with Gasteiger partial charge in [-0.25, -0.2) is 0 Å². The lowest BCUT2D eigenvalue weighted by molar-refractivity contribution is 0.755. The van der Waals surface area contributed by atoms with Crippen LogP contribution < -0.4 is 5.32 Å². The van der Waals surface area contributed by atoms with Crippen LogP contribution in [0.25, 0.3) is 0 Å². The predicted molar refractivity (Wildman–Crippen MR) is 63.2 cm³/mol. The first-order valence-electron chi connectivity index (χ1n) is 5.16. The van der Waals surface area contributed by atoms with Gasteiger partial charge in [-0.1, -0.05) is 6.07 Å². The van der Waals surface area contributed by atoms with Crippen LogP contribution in [0.3, 0.4) is 0 Å². The highest BCUT2D eigenvalue weighted by molar-refractivity contribution is 7.98. The minimum Gasteiger partial charge on any atom is -0.316 e. The molecule has 1 aliphatic heterocycles. The number of aryl methyl sites for hydroxylation is 1. The van der Waals surface area contributed by atoms with Gasteiger partial charge in [0, 0.05) is 11.4 Å². The summed E-state index contributed by atoms with van der Waals surface area (Å²) in [5.74, 6) is 0.738. The van der Waals surface area contributed by atoms with Crippen LogP contribution in [0.4, 0.5) is 0 Å². The average molecular weight is 207 g/mol. The van der Waals surface area contributed by atoms with Crippen molar-refractivity contribution in [2.45, 2.75) is 24.2 Å². The van der Waals surface area contributed by atoms with E-state index >= 15 is 0 Å².